The molecule has 0 unspecified atom stereocenters. The van der Waals surface area contributed by atoms with Gasteiger partial charge in [0.2, 0.25) is 0 Å². The van der Waals surface area contributed by atoms with Gasteiger partial charge in [0.15, 0.2) is 17.5 Å². The number of aromatic amines is 1. The molecule has 0 amide bonds. The first-order valence-electron chi connectivity index (χ1n) is 11.4. The fourth-order valence-corrected chi connectivity index (χ4v) is 5.28. The highest BCUT2D eigenvalue weighted by Crippen LogP contribution is 2.43. The molecule has 1 fully saturated rings. The van der Waals surface area contributed by atoms with Crippen LogP contribution in [-0.4, -0.2) is 41.0 Å². The molecule has 162 valence electrons. The van der Waals surface area contributed by atoms with Crippen LogP contribution in [0.25, 0.3) is 28.3 Å². The minimum Gasteiger partial charge on any atom is -0.342 e. The molecule has 1 N–H and O–H groups in total. The van der Waals surface area contributed by atoms with Crippen molar-refractivity contribution in [2.45, 2.75) is 58.0 Å². The molecular weight excluding hydrogens is 400 g/mol. The summed E-state index contributed by atoms with van der Waals surface area (Å²) < 4.78 is 2.13. The summed E-state index contributed by atoms with van der Waals surface area (Å²) in [6.45, 7) is 4.22. The second-order valence-corrected chi connectivity index (χ2v) is 8.64. The van der Waals surface area contributed by atoms with Crippen LogP contribution in [0.5, 0.6) is 0 Å². The van der Waals surface area contributed by atoms with Gasteiger partial charge in [-0.15, -0.1) is 10.2 Å². The Hall–Kier alpha value is -3.55. The predicted octanol–water partition coefficient (Wildman–Crippen LogP) is 4.64. The third-order valence-electron chi connectivity index (χ3n) is 6.77. The normalized spacial score (nSPS) is 18.1. The van der Waals surface area contributed by atoms with Crippen molar-refractivity contribution in [3.63, 3.8) is 0 Å². The Morgan fingerprint density at radius 1 is 1.06 bits per heavy atom. The zero-order chi connectivity index (χ0) is 21.7. The standard InChI is InChI=1S/C24H26N8/c1-3-19-24-30-28-15(2)31(24)20-14-25-22(27-23(20)32(19)17-11-7-8-12-17)18-13-26-29-21(18)16-9-5-4-6-10-16/h4-6,9-10,13-14,17,19H,3,7-8,11-12H2,1-2H3,(H,26,29)/t19-/m1/s1. The van der Waals surface area contributed by atoms with Crippen LogP contribution in [0.1, 0.15) is 56.7 Å². The largest absolute Gasteiger partial charge is 0.342 e. The van der Waals surface area contributed by atoms with Gasteiger partial charge in [-0.05, 0) is 26.2 Å². The number of benzene rings is 1. The Labute approximate surface area is 186 Å². The number of hydrogen-bond donors (Lipinski definition) is 1. The molecule has 32 heavy (non-hydrogen) atoms. The Bertz CT molecular complexity index is 1250. The number of nitrogens with one attached hydrogen (secondary N) is 1. The van der Waals surface area contributed by atoms with Crippen LogP contribution >= 0.6 is 0 Å². The van der Waals surface area contributed by atoms with Gasteiger partial charge >= 0.3 is 0 Å². The van der Waals surface area contributed by atoms with E-state index in [1.165, 1.54) is 25.7 Å². The van der Waals surface area contributed by atoms with Gasteiger partial charge in [-0.25, -0.2) is 9.97 Å². The molecule has 1 atom stereocenters. The average molecular weight is 427 g/mol. The topological polar surface area (TPSA) is 88.4 Å². The van der Waals surface area contributed by atoms with E-state index in [9.17, 15) is 0 Å². The maximum absolute atomic E-state index is 5.16. The molecule has 6 rings (SSSR count). The fourth-order valence-electron chi connectivity index (χ4n) is 5.28. The third-order valence-corrected chi connectivity index (χ3v) is 6.77. The minimum atomic E-state index is 0.160. The van der Waals surface area contributed by atoms with Gasteiger partial charge in [0.25, 0.3) is 0 Å². The highest BCUT2D eigenvalue weighted by Gasteiger charge is 2.39. The number of anilines is 1. The van der Waals surface area contributed by atoms with Crippen molar-refractivity contribution in [3.8, 4) is 28.3 Å². The summed E-state index contributed by atoms with van der Waals surface area (Å²) in [5.41, 5.74) is 3.87. The van der Waals surface area contributed by atoms with Crippen LogP contribution < -0.4 is 4.90 Å². The van der Waals surface area contributed by atoms with Crippen LogP contribution in [0.2, 0.25) is 0 Å². The quantitative estimate of drug-likeness (QED) is 0.512. The summed E-state index contributed by atoms with van der Waals surface area (Å²) in [5.74, 6) is 3.53. The number of fused-ring (bicyclic) bond motifs is 3. The lowest BCUT2D eigenvalue weighted by molar-refractivity contribution is 0.468. The average Bonchev–Trinajstić information content (AvgIpc) is 3.60. The lowest BCUT2D eigenvalue weighted by atomic mass is 10.0. The molecule has 2 aliphatic rings. The molecule has 4 aromatic rings. The molecule has 0 spiro atoms. The first kappa shape index (κ1) is 19.2. The van der Waals surface area contributed by atoms with Crippen molar-refractivity contribution in [2.75, 3.05) is 4.90 Å². The summed E-state index contributed by atoms with van der Waals surface area (Å²) in [7, 11) is 0. The van der Waals surface area contributed by atoms with E-state index in [2.05, 4.69) is 48.9 Å². The Kier molecular flexibility index (Phi) is 4.52. The van der Waals surface area contributed by atoms with Crippen molar-refractivity contribution in [1.29, 1.82) is 0 Å². The molecule has 0 saturated heterocycles. The van der Waals surface area contributed by atoms with E-state index in [0.717, 1.165) is 46.4 Å². The van der Waals surface area contributed by atoms with E-state index in [-0.39, 0.29) is 6.04 Å². The van der Waals surface area contributed by atoms with E-state index in [1.54, 1.807) is 0 Å². The van der Waals surface area contributed by atoms with Crippen molar-refractivity contribution >= 4 is 5.82 Å². The Morgan fingerprint density at radius 2 is 1.88 bits per heavy atom. The summed E-state index contributed by atoms with van der Waals surface area (Å²) in [6.07, 6.45) is 9.58. The minimum absolute atomic E-state index is 0.160. The number of aromatic nitrogens is 7. The Balaban J connectivity index is 1.53. The lowest BCUT2D eigenvalue weighted by Crippen LogP contribution is -2.42. The van der Waals surface area contributed by atoms with Crippen molar-refractivity contribution in [1.82, 2.24) is 34.9 Å². The number of nitrogens with zero attached hydrogens (tertiary/aromatic N) is 7. The zero-order valence-corrected chi connectivity index (χ0v) is 18.4. The van der Waals surface area contributed by atoms with Gasteiger partial charge in [0, 0.05) is 11.6 Å². The number of H-pyrrole nitrogens is 1. The molecule has 3 aromatic heterocycles. The third kappa shape index (κ3) is 2.86. The second kappa shape index (κ2) is 7.55. The van der Waals surface area contributed by atoms with Gasteiger partial charge in [0.1, 0.15) is 11.5 Å². The summed E-state index contributed by atoms with van der Waals surface area (Å²) in [4.78, 5) is 12.4. The van der Waals surface area contributed by atoms with Gasteiger partial charge in [0.05, 0.1) is 29.7 Å². The maximum Gasteiger partial charge on any atom is 0.165 e. The molecule has 1 aromatic carbocycles. The lowest BCUT2D eigenvalue weighted by Gasteiger charge is -2.41. The van der Waals surface area contributed by atoms with E-state index in [1.807, 2.05) is 37.5 Å². The van der Waals surface area contributed by atoms with Crippen molar-refractivity contribution in [2.24, 2.45) is 0 Å². The first-order chi connectivity index (χ1) is 15.8. The van der Waals surface area contributed by atoms with Crippen LogP contribution in [0, 0.1) is 6.92 Å². The van der Waals surface area contributed by atoms with Crippen molar-refractivity contribution < 1.29 is 0 Å². The molecular formula is C24H26N8. The molecule has 0 bridgehead atoms. The van der Waals surface area contributed by atoms with Crippen LogP contribution in [0.4, 0.5) is 5.82 Å². The summed E-state index contributed by atoms with van der Waals surface area (Å²) in [5, 5.41) is 16.4. The SMILES string of the molecule is CC[C@@H]1c2nnc(C)n2-c2cnc(-c3cn[nH]c3-c3ccccc3)nc2N1C1CCCC1. The molecule has 8 heteroatoms. The zero-order valence-electron chi connectivity index (χ0n) is 18.4. The van der Waals surface area contributed by atoms with Gasteiger partial charge in [-0.1, -0.05) is 50.1 Å². The molecule has 1 saturated carbocycles. The molecule has 1 aliphatic heterocycles. The van der Waals surface area contributed by atoms with Crippen LogP contribution in [0.15, 0.2) is 42.7 Å². The molecule has 1 aliphatic carbocycles. The second-order valence-electron chi connectivity index (χ2n) is 8.64. The molecule has 8 nitrogen and oxygen atoms in total. The van der Waals surface area contributed by atoms with Crippen LogP contribution in [0.3, 0.4) is 0 Å². The predicted molar refractivity (Wildman–Crippen MR) is 122 cm³/mol. The van der Waals surface area contributed by atoms with Crippen LogP contribution in [-0.2, 0) is 0 Å². The van der Waals surface area contributed by atoms with Gasteiger partial charge in [-0.2, -0.15) is 5.10 Å². The fraction of sp³-hybridized carbons (Fsp3) is 0.375. The van der Waals surface area contributed by atoms with Crippen molar-refractivity contribution in [3.05, 3.63) is 54.4 Å². The Morgan fingerprint density at radius 3 is 2.66 bits per heavy atom. The van der Waals surface area contributed by atoms with E-state index in [4.69, 9.17) is 9.97 Å². The highest BCUT2D eigenvalue weighted by atomic mass is 15.4. The van der Waals surface area contributed by atoms with Gasteiger partial charge in [-0.3, -0.25) is 9.67 Å². The number of hydrogen-bond acceptors (Lipinski definition) is 6. The summed E-state index contributed by atoms with van der Waals surface area (Å²) in [6, 6.07) is 10.8. The smallest absolute Gasteiger partial charge is 0.165 e. The van der Waals surface area contributed by atoms with Gasteiger partial charge < -0.3 is 4.90 Å². The van der Waals surface area contributed by atoms with E-state index >= 15 is 0 Å². The summed E-state index contributed by atoms with van der Waals surface area (Å²) >= 11 is 0. The van der Waals surface area contributed by atoms with E-state index in [0.29, 0.717) is 11.9 Å². The molecule has 4 heterocycles. The van der Waals surface area contributed by atoms with E-state index < -0.39 is 0 Å². The highest BCUT2D eigenvalue weighted by molar-refractivity contribution is 5.78. The maximum atomic E-state index is 5.16. The molecule has 0 radical (unpaired) electrons. The number of rotatable bonds is 4. The first-order valence-corrected chi connectivity index (χ1v) is 11.4. The monoisotopic (exact) mass is 426 g/mol. The number of aryl methyl sites for hydroxylation is 1.